The summed E-state index contributed by atoms with van der Waals surface area (Å²) in [5.41, 5.74) is -0.102. The molecule has 1 atom stereocenters. The van der Waals surface area contributed by atoms with E-state index in [2.05, 4.69) is 4.98 Å². The Hall–Kier alpha value is -2.69. The van der Waals surface area contributed by atoms with E-state index in [9.17, 15) is 22.8 Å². The fourth-order valence-electron chi connectivity index (χ4n) is 4.22. The van der Waals surface area contributed by atoms with Crippen molar-refractivity contribution in [1.29, 1.82) is 0 Å². The number of carboxylic acid groups (broad SMARTS) is 1. The lowest BCUT2D eigenvalue weighted by atomic mass is 9.86. The second kappa shape index (κ2) is 9.21. The van der Waals surface area contributed by atoms with Gasteiger partial charge in [0.15, 0.2) is 0 Å². The highest BCUT2D eigenvalue weighted by Crippen LogP contribution is 2.42. The maximum absolute atomic E-state index is 12.7. The first-order chi connectivity index (χ1) is 14.6. The molecule has 1 spiro atoms. The number of halogens is 3. The largest absolute Gasteiger partial charge is 0.490 e. The molecule has 11 heteroatoms. The molecule has 0 radical (unpaired) electrons. The number of alkyl halides is 3. The number of hydrogen-bond donors (Lipinski definition) is 1. The zero-order chi connectivity index (χ0) is 22.6. The van der Waals surface area contributed by atoms with Gasteiger partial charge in [-0.1, -0.05) is 6.07 Å². The number of carbonyl (C=O) groups is 3. The van der Waals surface area contributed by atoms with Crippen molar-refractivity contribution in [2.75, 3.05) is 37.7 Å². The SMILES string of the molecule is O=C(C1CCOCC1)N1CCC2(CC(=O)N(c3ccccn3)C2)C1.O=C(O)C(F)(F)F. The van der Waals surface area contributed by atoms with Gasteiger partial charge in [0.1, 0.15) is 5.82 Å². The molecule has 3 fully saturated rings. The predicted molar refractivity (Wildman–Crippen MR) is 102 cm³/mol. The number of rotatable bonds is 2. The standard InChI is InChI=1S/C18H23N3O3.C2HF3O2/c22-16-11-18(13-21(16)15-3-1-2-7-19-15)6-8-20(12-18)17(23)14-4-9-24-10-5-14;3-2(4,5)1(6)7/h1-3,7,14H,4-6,8-13H2;(H,6,7). The highest BCUT2D eigenvalue weighted by molar-refractivity contribution is 5.95. The first-order valence-corrected chi connectivity index (χ1v) is 9.99. The lowest BCUT2D eigenvalue weighted by Crippen LogP contribution is -2.39. The first-order valence-electron chi connectivity index (χ1n) is 9.99. The van der Waals surface area contributed by atoms with Crippen LogP contribution in [0.5, 0.6) is 0 Å². The number of nitrogens with zero attached hydrogens (tertiary/aromatic N) is 3. The van der Waals surface area contributed by atoms with Crippen molar-refractivity contribution in [3.8, 4) is 0 Å². The molecular formula is C20H24F3N3O5. The third kappa shape index (κ3) is 5.52. The minimum absolute atomic E-state index is 0.0953. The molecule has 3 saturated heterocycles. The average molecular weight is 443 g/mol. The van der Waals surface area contributed by atoms with Crippen LogP contribution in [0.3, 0.4) is 0 Å². The molecule has 4 heterocycles. The van der Waals surface area contributed by atoms with Crippen LogP contribution >= 0.6 is 0 Å². The second-order valence-electron chi connectivity index (χ2n) is 8.04. The smallest absolute Gasteiger partial charge is 0.475 e. The predicted octanol–water partition coefficient (Wildman–Crippen LogP) is 2.10. The first kappa shape index (κ1) is 23.0. The van der Waals surface area contributed by atoms with Crippen LogP contribution in [0.1, 0.15) is 25.7 Å². The fourth-order valence-corrected chi connectivity index (χ4v) is 4.22. The molecule has 1 N–H and O–H groups in total. The molecule has 4 rings (SSSR count). The summed E-state index contributed by atoms with van der Waals surface area (Å²) in [6.45, 7) is 3.49. The summed E-state index contributed by atoms with van der Waals surface area (Å²) >= 11 is 0. The lowest BCUT2D eigenvalue weighted by molar-refractivity contribution is -0.192. The van der Waals surface area contributed by atoms with Crippen molar-refractivity contribution < 1.29 is 37.4 Å². The molecule has 1 aromatic rings. The molecule has 1 unspecified atom stereocenters. The zero-order valence-corrected chi connectivity index (χ0v) is 16.8. The average Bonchev–Trinajstić information content (AvgIpc) is 3.31. The van der Waals surface area contributed by atoms with E-state index < -0.39 is 12.1 Å². The van der Waals surface area contributed by atoms with Gasteiger partial charge in [0.05, 0.1) is 0 Å². The van der Waals surface area contributed by atoms with Crippen LogP contribution in [0.2, 0.25) is 0 Å². The summed E-state index contributed by atoms with van der Waals surface area (Å²) in [7, 11) is 0. The van der Waals surface area contributed by atoms with E-state index in [1.165, 1.54) is 0 Å². The van der Waals surface area contributed by atoms with Gasteiger partial charge in [-0.05, 0) is 31.4 Å². The number of ether oxygens (including phenoxy) is 1. The molecule has 0 aliphatic carbocycles. The Morgan fingerprint density at radius 3 is 2.45 bits per heavy atom. The van der Waals surface area contributed by atoms with Crippen molar-refractivity contribution >= 4 is 23.6 Å². The third-order valence-electron chi connectivity index (χ3n) is 5.81. The van der Waals surface area contributed by atoms with E-state index in [-0.39, 0.29) is 23.1 Å². The highest BCUT2D eigenvalue weighted by Gasteiger charge is 2.49. The van der Waals surface area contributed by atoms with E-state index in [1.807, 2.05) is 23.1 Å². The number of carboxylic acids is 1. The maximum Gasteiger partial charge on any atom is 0.490 e. The van der Waals surface area contributed by atoms with E-state index in [0.717, 1.165) is 25.8 Å². The lowest BCUT2D eigenvalue weighted by Gasteiger charge is -2.28. The number of amides is 2. The molecule has 31 heavy (non-hydrogen) atoms. The molecule has 1 aromatic heterocycles. The Morgan fingerprint density at radius 2 is 1.87 bits per heavy atom. The van der Waals surface area contributed by atoms with Crippen molar-refractivity contribution in [3.63, 3.8) is 0 Å². The molecule has 0 saturated carbocycles. The molecular weight excluding hydrogens is 419 g/mol. The zero-order valence-electron chi connectivity index (χ0n) is 16.8. The summed E-state index contributed by atoms with van der Waals surface area (Å²) in [6.07, 6.45) is -0.315. The van der Waals surface area contributed by atoms with Crippen molar-refractivity contribution in [2.45, 2.75) is 31.9 Å². The summed E-state index contributed by atoms with van der Waals surface area (Å²) in [4.78, 5) is 42.2. The van der Waals surface area contributed by atoms with Gasteiger partial charge >= 0.3 is 12.1 Å². The van der Waals surface area contributed by atoms with E-state index in [1.54, 1.807) is 11.1 Å². The van der Waals surface area contributed by atoms with Crippen molar-refractivity contribution in [3.05, 3.63) is 24.4 Å². The molecule has 8 nitrogen and oxygen atoms in total. The summed E-state index contributed by atoms with van der Waals surface area (Å²) in [6, 6.07) is 5.62. The number of pyridine rings is 1. The number of likely N-dealkylation sites (tertiary alicyclic amines) is 1. The van der Waals surface area contributed by atoms with Gasteiger partial charge in [-0.25, -0.2) is 9.78 Å². The second-order valence-corrected chi connectivity index (χ2v) is 8.04. The summed E-state index contributed by atoms with van der Waals surface area (Å²) in [5, 5.41) is 7.12. The van der Waals surface area contributed by atoms with E-state index in [4.69, 9.17) is 14.6 Å². The minimum atomic E-state index is -5.08. The number of aromatic nitrogens is 1. The van der Waals surface area contributed by atoms with Crippen LogP contribution in [-0.4, -0.2) is 71.8 Å². The fraction of sp³-hybridized carbons (Fsp3) is 0.600. The van der Waals surface area contributed by atoms with Gasteiger partial charge in [0.2, 0.25) is 11.8 Å². The van der Waals surface area contributed by atoms with Gasteiger partial charge in [-0.2, -0.15) is 13.2 Å². The van der Waals surface area contributed by atoms with Crippen LogP contribution in [0.25, 0.3) is 0 Å². The van der Waals surface area contributed by atoms with Crippen molar-refractivity contribution in [1.82, 2.24) is 9.88 Å². The number of hydrogen-bond acceptors (Lipinski definition) is 5. The van der Waals surface area contributed by atoms with Crippen molar-refractivity contribution in [2.24, 2.45) is 11.3 Å². The van der Waals surface area contributed by atoms with Gasteiger partial charge in [0.25, 0.3) is 0 Å². The van der Waals surface area contributed by atoms with Crippen LogP contribution in [0, 0.1) is 11.3 Å². The quantitative estimate of drug-likeness (QED) is 0.752. The maximum atomic E-state index is 12.7. The summed E-state index contributed by atoms with van der Waals surface area (Å²) in [5.74, 6) is -1.58. The van der Waals surface area contributed by atoms with Crippen LogP contribution < -0.4 is 4.90 Å². The van der Waals surface area contributed by atoms with Gasteiger partial charge < -0.3 is 14.7 Å². The Morgan fingerprint density at radius 1 is 1.19 bits per heavy atom. The van der Waals surface area contributed by atoms with Gasteiger partial charge in [-0.3, -0.25) is 14.5 Å². The topological polar surface area (TPSA) is 100 Å². The molecule has 0 aromatic carbocycles. The summed E-state index contributed by atoms with van der Waals surface area (Å²) < 4.78 is 37.1. The van der Waals surface area contributed by atoms with Gasteiger partial charge in [0, 0.05) is 56.8 Å². The highest BCUT2D eigenvalue weighted by atomic mass is 19.4. The van der Waals surface area contributed by atoms with Crippen LogP contribution in [0.15, 0.2) is 24.4 Å². The van der Waals surface area contributed by atoms with Crippen LogP contribution in [-0.2, 0) is 19.1 Å². The third-order valence-corrected chi connectivity index (χ3v) is 5.81. The molecule has 3 aliphatic rings. The number of aliphatic carboxylic acids is 1. The molecule has 170 valence electrons. The minimum Gasteiger partial charge on any atom is -0.475 e. The Kier molecular flexibility index (Phi) is 6.83. The molecule has 2 amide bonds. The number of carbonyl (C=O) groups excluding carboxylic acids is 2. The van der Waals surface area contributed by atoms with Crippen LogP contribution in [0.4, 0.5) is 19.0 Å². The molecule has 3 aliphatic heterocycles. The monoisotopic (exact) mass is 443 g/mol. The van der Waals surface area contributed by atoms with Gasteiger partial charge in [-0.15, -0.1) is 0 Å². The molecule has 0 bridgehead atoms. The van der Waals surface area contributed by atoms with E-state index in [0.29, 0.717) is 38.5 Å². The normalized spacial score (nSPS) is 24.3. The Bertz CT molecular complexity index is 814. The number of anilines is 1. The Labute approximate surface area is 177 Å². The van der Waals surface area contributed by atoms with E-state index >= 15 is 0 Å². The Balaban J connectivity index is 0.000000339.